The van der Waals surface area contributed by atoms with Crippen LogP contribution in [0.5, 0.6) is 5.75 Å². The molecule has 30 heavy (non-hydrogen) atoms. The molecular weight excluding hydrogens is 380 g/mol. The Morgan fingerprint density at radius 2 is 1.80 bits per heavy atom. The molecule has 1 aliphatic heterocycles. The second-order valence-electron chi connectivity index (χ2n) is 7.41. The van der Waals surface area contributed by atoms with Gasteiger partial charge in [0.15, 0.2) is 0 Å². The Kier molecular flexibility index (Phi) is 6.67. The summed E-state index contributed by atoms with van der Waals surface area (Å²) in [6.45, 7) is 6.66. The van der Waals surface area contributed by atoms with E-state index in [4.69, 9.17) is 4.74 Å². The van der Waals surface area contributed by atoms with E-state index in [1.165, 1.54) is 4.90 Å². The average molecular weight is 406 g/mol. The number of ether oxygens (including phenoxy) is 1. The van der Waals surface area contributed by atoms with Crippen molar-refractivity contribution in [1.82, 2.24) is 9.80 Å². The highest BCUT2D eigenvalue weighted by Crippen LogP contribution is 2.24. The number of rotatable bonds is 9. The van der Waals surface area contributed by atoms with Crippen LogP contribution in [0.3, 0.4) is 0 Å². The number of hydrogen-bond acceptors (Lipinski definition) is 4. The summed E-state index contributed by atoms with van der Waals surface area (Å²) in [6, 6.07) is 12.8. The molecule has 3 amide bonds. The first-order valence-corrected chi connectivity index (χ1v) is 9.94. The van der Waals surface area contributed by atoms with Crippen molar-refractivity contribution in [2.45, 2.75) is 26.3 Å². The number of imide groups is 1. The van der Waals surface area contributed by atoms with Crippen LogP contribution in [-0.2, 0) is 11.3 Å². The molecule has 0 aliphatic carbocycles. The van der Waals surface area contributed by atoms with Crippen LogP contribution < -0.4 is 4.74 Å². The van der Waals surface area contributed by atoms with Gasteiger partial charge in [-0.15, -0.1) is 0 Å². The Hall–Kier alpha value is -3.41. The fourth-order valence-corrected chi connectivity index (χ4v) is 3.40. The zero-order chi connectivity index (χ0) is 21.7. The molecule has 0 radical (unpaired) electrons. The van der Waals surface area contributed by atoms with E-state index in [0.717, 1.165) is 16.9 Å². The number of nitrogens with zero attached hydrogens (tertiary/aromatic N) is 2. The summed E-state index contributed by atoms with van der Waals surface area (Å²) in [5.41, 5.74) is 2.82. The molecule has 0 atom stereocenters. The normalized spacial score (nSPS) is 12.7. The van der Waals surface area contributed by atoms with Crippen molar-refractivity contribution in [1.29, 1.82) is 0 Å². The minimum atomic E-state index is -0.283. The summed E-state index contributed by atoms with van der Waals surface area (Å²) >= 11 is 0. The molecular formula is C24H26N2O4. The lowest BCUT2D eigenvalue weighted by atomic mass is 10.1. The smallest absolute Gasteiger partial charge is 0.261 e. The molecule has 2 aromatic carbocycles. The topological polar surface area (TPSA) is 66.9 Å². The molecule has 3 rings (SSSR count). The average Bonchev–Trinajstić information content (AvgIpc) is 2.97. The van der Waals surface area contributed by atoms with Crippen LogP contribution in [0.25, 0.3) is 0 Å². The maximum Gasteiger partial charge on any atom is 0.261 e. The minimum absolute atomic E-state index is 0.0329. The highest BCUT2D eigenvalue weighted by molar-refractivity contribution is 6.21. The number of fused-ring (bicyclic) bond motifs is 1. The Balaban J connectivity index is 1.48. The first-order valence-electron chi connectivity index (χ1n) is 9.94. The van der Waals surface area contributed by atoms with Gasteiger partial charge >= 0.3 is 0 Å². The van der Waals surface area contributed by atoms with Crippen LogP contribution in [0.1, 0.15) is 44.7 Å². The van der Waals surface area contributed by atoms with Crippen molar-refractivity contribution in [3.63, 3.8) is 0 Å². The van der Waals surface area contributed by atoms with Gasteiger partial charge < -0.3 is 9.64 Å². The fourth-order valence-electron chi connectivity index (χ4n) is 3.40. The van der Waals surface area contributed by atoms with E-state index in [1.807, 2.05) is 37.3 Å². The monoisotopic (exact) mass is 406 g/mol. The van der Waals surface area contributed by atoms with Crippen LogP contribution in [0.4, 0.5) is 0 Å². The first-order chi connectivity index (χ1) is 14.4. The van der Waals surface area contributed by atoms with E-state index in [2.05, 4.69) is 6.58 Å². The largest absolute Gasteiger partial charge is 0.490 e. The van der Waals surface area contributed by atoms with Crippen LogP contribution >= 0.6 is 0 Å². The zero-order valence-electron chi connectivity index (χ0n) is 17.4. The third-order valence-corrected chi connectivity index (χ3v) is 5.04. The van der Waals surface area contributed by atoms with Crippen molar-refractivity contribution in [3.05, 3.63) is 77.4 Å². The number of aryl methyl sites for hydroxylation is 1. The quantitative estimate of drug-likeness (QED) is 0.471. The maximum absolute atomic E-state index is 12.5. The highest BCUT2D eigenvalue weighted by atomic mass is 16.5. The Bertz CT molecular complexity index is 966. The molecule has 0 saturated heterocycles. The summed E-state index contributed by atoms with van der Waals surface area (Å²) in [5.74, 6) is 0.158. The van der Waals surface area contributed by atoms with Gasteiger partial charge in [-0.2, -0.15) is 0 Å². The summed E-state index contributed by atoms with van der Waals surface area (Å²) < 4.78 is 5.45. The van der Waals surface area contributed by atoms with Crippen molar-refractivity contribution in [3.8, 4) is 5.75 Å². The summed E-state index contributed by atoms with van der Waals surface area (Å²) in [4.78, 5) is 40.3. The molecule has 2 aromatic rings. The highest BCUT2D eigenvalue weighted by Gasteiger charge is 2.35. The van der Waals surface area contributed by atoms with Crippen LogP contribution in [0.15, 0.2) is 55.1 Å². The fraction of sp³-hybridized carbons (Fsp3) is 0.292. The number of benzene rings is 2. The molecule has 6 nitrogen and oxygen atoms in total. The maximum atomic E-state index is 12.5. The van der Waals surface area contributed by atoms with Gasteiger partial charge in [0, 0.05) is 26.6 Å². The number of carbonyl (C=O) groups is 3. The van der Waals surface area contributed by atoms with E-state index < -0.39 is 0 Å². The van der Waals surface area contributed by atoms with Gasteiger partial charge in [0.05, 0.1) is 11.1 Å². The Morgan fingerprint density at radius 3 is 2.50 bits per heavy atom. The lowest BCUT2D eigenvalue weighted by Crippen LogP contribution is -2.32. The minimum Gasteiger partial charge on any atom is -0.490 e. The number of carbonyl (C=O) groups excluding carboxylic acids is 3. The summed E-state index contributed by atoms with van der Waals surface area (Å²) in [6.07, 6.45) is 2.38. The van der Waals surface area contributed by atoms with Crippen molar-refractivity contribution in [2.75, 3.05) is 20.2 Å². The van der Waals surface area contributed by atoms with Gasteiger partial charge in [0.1, 0.15) is 12.4 Å². The lowest BCUT2D eigenvalue weighted by molar-refractivity contribution is -0.130. The molecule has 0 bridgehead atoms. The molecule has 0 fully saturated rings. The van der Waals surface area contributed by atoms with Gasteiger partial charge in [0.2, 0.25) is 5.91 Å². The van der Waals surface area contributed by atoms with E-state index >= 15 is 0 Å². The van der Waals surface area contributed by atoms with Crippen molar-refractivity contribution in [2.24, 2.45) is 0 Å². The van der Waals surface area contributed by atoms with Gasteiger partial charge in [-0.25, -0.2) is 0 Å². The molecule has 1 aliphatic rings. The first kappa shape index (κ1) is 21.3. The Morgan fingerprint density at radius 1 is 1.10 bits per heavy atom. The van der Waals surface area contributed by atoms with Crippen LogP contribution in [-0.4, -0.2) is 47.7 Å². The van der Waals surface area contributed by atoms with E-state index in [9.17, 15) is 14.4 Å². The standard InChI is InChI=1S/C24H26N2O4/c1-4-14-30-19-10-8-18(9-11-19)16-25(3)22(27)6-5-13-26-23(28)20-12-7-17(2)15-21(20)24(26)29/h4,7-12,15H,1,5-6,13-14,16H2,2-3H3. The molecule has 0 saturated carbocycles. The van der Waals surface area contributed by atoms with Gasteiger partial charge in [-0.05, 0) is 43.2 Å². The molecule has 156 valence electrons. The van der Waals surface area contributed by atoms with Gasteiger partial charge in [0.25, 0.3) is 11.8 Å². The van der Waals surface area contributed by atoms with E-state index in [0.29, 0.717) is 30.7 Å². The van der Waals surface area contributed by atoms with Gasteiger partial charge in [-0.3, -0.25) is 19.3 Å². The zero-order valence-corrected chi connectivity index (χ0v) is 17.4. The summed E-state index contributed by atoms with van der Waals surface area (Å²) in [7, 11) is 1.75. The summed E-state index contributed by atoms with van der Waals surface area (Å²) in [5, 5.41) is 0. The van der Waals surface area contributed by atoms with Crippen LogP contribution in [0, 0.1) is 6.92 Å². The second kappa shape index (κ2) is 9.39. The number of amides is 3. The molecule has 0 unspecified atom stereocenters. The molecule has 0 spiro atoms. The Labute approximate surface area is 176 Å². The van der Waals surface area contributed by atoms with E-state index in [-0.39, 0.29) is 30.7 Å². The predicted molar refractivity (Wildman–Crippen MR) is 114 cm³/mol. The molecule has 6 heteroatoms. The molecule has 0 aromatic heterocycles. The molecule has 0 N–H and O–H groups in total. The second-order valence-corrected chi connectivity index (χ2v) is 7.41. The lowest BCUT2D eigenvalue weighted by Gasteiger charge is -2.19. The molecule has 1 heterocycles. The van der Waals surface area contributed by atoms with Gasteiger partial charge in [-0.1, -0.05) is 36.4 Å². The third kappa shape index (κ3) is 4.76. The van der Waals surface area contributed by atoms with Crippen molar-refractivity contribution < 1.29 is 19.1 Å². The van der Waals surface area contributed by atoms with Crippen LogP contribution in [0.2, 0.25) is 0 Å². The SMILES string of the molecule is C=CCOc1ccc(CN(C)C(=O)CCCN2C(=O)c3ccc(C)cc3C2=O)cc1. The number of hydrogen-bond donors (Lipinski definition) is 0. The van der Waals surface area contributed by atoms with Crippen molar-refractivity contribution >= 4 is 17.7 Å². The van der Waals surface area contributed by atoms with E-state index in [1.54, 1.807) is 30.2 Å². The third-order valence-electron chi connectivity index (χ3n) is 5.04. The predicted octanol–water partition coefficient (Wildman–Crippen LogP) is 3.59.